The number of phenols is 2. The first kappa shape index (κ1) is 30.3. The normalized spacial score (nSPS) is 10.4. The van der Waals surface area contributed by atoms with Gasteiger partial charge in [0.15, 0.2) is 0 Å². The van der Waals surface area contributed by atoms with Crippen molar-refractivity contribution in [2.75, 3.05) is 13.1 Å². The average molecular weight is 864 g/mol. The van der Waals surface area contributed by atoms with Crippen molar-refractivity contribution in [3.63, 3.8) is 0 Å². The van der Waals surface area contributed by atoms with E-state index in [0.717, 1.165) is 8.95 Å². The maximum atomic E-state index is 9.93. The van der Waals surface area contributed by atoms with Gasteiger partial charge in [-0.15, -0.1) is 34.0 Å². The standard InChI is InChI=1S/C16H12Br4N2O2.2BrH.Sn/c17-11-3-9(15(23)13(19)5-11)7-21-1-2-22-8-10-4-12(18)6-14(20)16(10)24;;;/h3-8,23-24H,1-2H2;2*1H;. The van der Waals surface area contributed by atoms with E-state index >= 15 is 0 Å². The number of aliphatic imine (C=N–C) groups is 2. The number of halogens is 6. The van der Waals surface area contributed by atoms with Crippen LogP contribution in [0.4, 0.5) is 0 Å². The zero-order chi connectivity index (χ0) is 17.7. The smallest absolute Gasteiger partial charge is 0.138 e. The van der Waals surface area contributed by atoms with Crippen molar-refractivity contribution in [3.8, 4) is 11.5 Å². The van der Waals surface area contributed by atoms with Crippen LogP contribution in [0.1, 0.15) is 11.1 Å². The first-order valence-electron chi connectivity index (χ1n) is 6.74. The number of hydrogen-bond acceptors (Lipinski definition) is 4. The van der Waals surface area contributed by atoms with Gasteiger partial charge in [-0.25, -0.2) is 0 Å². The van der Waals surface area contributed by atoms with Crippen LogP contribution in [-0.2, 0) is 0 Å². The molecule has 0 fully saturated rings. The van der Waals surface area contributed by atoms with E-state index in [1.165, 1.54) is 0 Å². The van der Waals surface area contributed by atoms with Crippen LogP contribution in [0.3, 0.4) is 0 Å². The second-order valence-corrected chi connectivity index (χ2v) is 8.26. The third-order valence-electron chi connectivity index (χ3n) is 2.93. The quantitative estimate of drug-likeness (QED) is 0.206. The second kappa shape index (κ2) is 14.9. The SMILES string of the molecule is Br.Br.Oc1c(Br)cc(Br)cc1C=NCCN=Cc1cc(Br)cc(Br)c1O.[Sn]. The van der Waals surface area contributed by atoms with Gasteiger partial charge in [0.05, 0.1) is 22.0 Å². The van der Waals surface area contributed by atoms with Crippen molar-refractivity contribution in [3.05, 3.63) is 53.3 Å². The summed E-state index contributed by atoms with van der Waals surface area (Å²) in [6.45, 7) is 0.937. The van der Waals surface area contributed by atoms with E-state index in [9.17, 15) is 10.2 Å². The molecule has 0 aliphatic rings. The van der Waals surface area contributed by atoms with Gasteiger partial charge in [-0.1, -0.05) is 31.9 Å². The predicted molar refractivity (Wildman–Crippen MR) is 138 cm³/mol. The van der Waals surface area contributed by atoms with Gasteiger partial charge in [0.25, 0.3) is 0 Å². The molecule has 0 heterocycles. The van der Waals surface area contributed by atoms with Gasteiger partial charge in [0, 0.05) is 56.4 Å². The maximum absolute atomic E-state index is 9.93. The van der Waals surface area contributed by atoms with Gasteiger partial charge in [-0.3, -0.25) is 9.98 Å². The van der Waals surface area contributed by atoms with Gasteiger partial charge in [-0.05, 0) is 56.1 Å². The van der Waals surface area contributed by atoms with Crippen LogP contribution in [0.15, 0.2) is 52.1 Å². The van der Waals surface area contributed by atoms with Gasteiger partial charge < -0.3 is 10.2 Å². The number of nitrogens with zero attached hydrogens (tertiary/aromatic N) is 2. The first-order chi connectivity index (χ1) is 11.4. The molecular formula is C16H14Br6N2O2Sn. The Balaban J connectivity index is 0. The number of benzene rings is 2. The molecule has 0 atom stereocenters. The molecule has 0 spiro atoms. The molecule has 4 radical (unpaired) electrons. The number of aromatic hydroxyl groups is 2. The molecule has 0 aliphatic heterocycles. The molecule has 0 bridgehead atoms. The minimum atomic E-state index is 0. The molecule has 2 aromatic carbocycles. The summed E-state index contributed by atoms with van der Waals surface area (Å²) in [6.07, 6.45) is 3.21. The monoisotopic (exact) mass is 860 g/mol. The third-order valence-corrected chi connectivity index (χ3v) is 5.06. The summed E-state index contributed by atoms with van der Waals surface area (Å²) < 4.78 is 2.91. The molecule has 27 heavy (non-hydrogen) atoms. The van der Waals surface area contributed by atoms with E-state index in [1.54, 1.807) is 36.7 Å². The fourth-order valence-corrected chi connectivity index (χ4v) is 4.33. The van der Waals surface area contributed by atoms with Crippen LogP contribution >= 0.6 is 97.7 Å². The molecule has 0 aliphatic carbocycles. The van der Waals surface area contributed by atoms with E-state index in [1.807, 2.05) is 0 Å². The van der Waals surface area contributed by atoms with Gasteiger partial charge in [0.2, 0.25) is 0 Å². The topological polar surface area (TPSA) is 65.2 Å². The Morgan fingerprint density at radius 2 is 1.04 bits per heavy atom. The second-order valence-electron chi connectivity index (χ2n) is 4.72. The van der Waals surface area contributed by atoms with Gasteiger partial charge >= 0.3 is 0 Å². The van der Waals surface area contributed by atoms with Gasteiger partial charge in [0.1, 0.15) is 11.5 Å². The Morgan fingerprint density at radius 3 is 1.37 bits per heavy atom. The summed E-state index contributed by atoms with van der Waals surface area (Å²) in [5.74, 6) is 0.295. The van der Waals surface area contributed by atoms with E-state index in [4.69, 9.17) is 0 Å². The molecule has 11 heteroatoms. The van der Waals surface area contributed by atoms with Crippen LogP contribution in [0.25, 0.3) is 0 Å². The summed E-state index contributed by atoms with van der Waals surface area (Å²) in [4.78, 5) is 8.50. The Kier molecular flexibility index (Phi) is 16.8. The number of rotatable bonds is 5. The summed E-state index contributed by atoms with van der Waals surface area (Å²) in [5.41, 5.74) is 1.24. The molecular weight excluding hydrogens is 850 g/mol. The van der Waals surface area contributed by atoms with Crippen molar-refractivity contribution in [1.29, 1.82) is 0 Å². The largest absolute Gasteiger partial charge is 0.506 e. The molecule has 0 saturated heterocycles. The first-order valence-corrected chi connectivity index (χ1v) is 9.91. The molecule has 0 amide bonds. The van der Waals surface area contributed by atoms with Crippen LogP contribution in [0, 0.1) is 0 Å². The van der Waals surface area contributed by atoms with Gasteiger partial charge in [-0.2, -0.15) is 0 Å². The molecule has 146 valence electrons. The fourth-order valence-electron chi connectivity index (χ4n) is 1.81. The molecule has 2 rings (SSSR count). The van der Waals surface area contributed by atoms with Crippen LogP contribution < -0.4 is 0 Å². The predicted octanol–water partition coefficient (Wildman–Crippen LogP) is 6.46. The number of phenolic OH excluding ortho intramolecular Hbond substituents is 2. The van der Waals surface area contributed by atoms with E-state index in [2.05, 4.69) is 73.7 Å². The van der Waals surface area contributed by atoms with Crippen molar-refractivity contribution >= 4 is 134 Å². The van der Waals surface area contributed by atoms with E-state index in [0.29, 0.717) is 33.2 Å². The Morgan fingerprint density at radius 1 is 0.704 bits per heavy atom. The van der Waals surface area contributed by atoms with Crippen LogP contribution in [-0.4, -0.2) is 59.6 Å². The Hall–Kier alpha value is 1.06. The summed E-state index contributed by atoms with van der Waals surface area (Å²) in [6, 6.07) is 7.09. The molecule has 0 aromatic heterocycles. The summed E-state index contributed by atoms with van der Waals surface area (Å²) >= 11 is 13.3. The summed E-state index contributed by atoms with van der Waals surface area (Å²) in [7, 11) is 0. The van der Waals surface area contributed by atoms with Crippen LogP contribution in [0.5, 0.6) is 11.5 Å². The molecule has 4 nitrogen and oxygen atoms in total. The maximum Gasteiger partial charge on any atom is 0.138 e. The third kappa shape index (κ3) is 9.61. The van der Waals surface area contributed by atoms with E-state index < -0.39 is 0 Å². The van der Waals surface area contributed by atoms with Crippen LogP contribution in [0.2, 0.25) is 0 Å². The Labute approximate surface area is 229 Å². The average Bonchev–Trinajstić information content (AvgIpc) is 2.51. The minimum Gasteiger partial charge on any atom is -0.506 e. The van der Waals surface area contributed by atoms with Crippen molar-refractivity contribution in [2.45, 2.75) is 0 Å². The van der Waals surface area contributed by atoms with Crippen molar-refractivity contribution < 1.29 is 10.2 Å². The molecule has 2 aromatic rings. The summed E-state index contributed by atoms with van der Waals surface area (Å²) in [5, 5.41) is 19.9. The van der Waals surface area contributed by atoms with Crippen molar-refractivity contribution in [1.82, 2.24) is 0 Å². The zero-order valence-electron chi connectivity index (χ0n) is 13.5. The molecule has 0 unspecified atom stereocenters. The van der Waals surface area contributed by atoms with Crippen molar-refractivity contribution in [2.24, 2.45) is 9.98 Å². The van der Waals surface area contributed by atoms with E-state index in [-0.39, 0.29) is 69.4 Å². The zero-order valence-corrected chi connectivity index (χ0v) is 26.1. The number of hydrogen-bond donors (Lipinski definition) is 2. The minimum absolute atomic E-state index is 0. The molecule has 0 saturated carbocycles. The fraction of sp³-hybridized carbons (Fsp3) is 0.125. The molecule has 2 N–H and O–H groups in total. The Bertz CT molecular complexity index is 750.